The van der Waals surface area contributed by atoms with Crippen LogP contribution >= 0.6 is 12.4 Å². The summed E-state index contributed by atoms with van der Waals surface area (Å²) in [5, 5.41) is 3.30. The number of carbonyl (C=O) groups is 8. The van der Waals surface area contributed by atoms with E-state index >= 15 is 0 Å². The molecule has 1 N–H and O–H groups in total. The van der Waals surface area contributed by atoms with Crippen molar-refractivity contribution in [3.63, 3.8) is 0 Å². The molecule has 4 aliphatic carbocycles. The quantitative estimate of drug-likeness (QED) is 0.0870. The first kappa shape index (κ1) is 87.2. The SMILES string of the molecule is C=CC(=O)N1CCC2(CC1)/C(=C\c1ccccc1F)C(=O)/C2=C/c1ccccc1F.CC(C)(C)OC(=O)N1CCC2(CC1)/C(=C\c1ccccc1F)C(=O)/C2=C/c1ccccc1F.CC(C)(C)OC(=O)N1CCC2(CC1)CC(=O)C2.Cl.O=C1/C(=C/c2ccccc2F)C2(CCNCC2)/C1=C\c1ccccc1F.O=Cc1ccccc1F. The second-order valence-corrected chi connectivity index (χ2v) is 32.0. The lowest BCUT2D eigenvalue weighted by Gasteiger charge is -2.50. The summed E-state index contributed by atoms with van der Waals surface area (Å²) in [4.78, 5) is 102. The molecule has 14 nitrogen and oxygen atoms in total. The Morgan fingerprint density at radius 1 is 0.371 bits per heavy atom. The van der Waals surface area contributed by atoms with E-state index in [1.165, 1.54) is 54.6 Å². The topological polar surface area (TPSA) is 177 Å². The van der Waals surface area contributed by atoms with Crippen molar-refractivity contribution in [2.75, 3.05) is 52.4 Å². The maximum absolute atomic E-state index is 14.3. The lowest BCUT2D eigenvalue weighted by Crippen LogP contribution is -2.53. The Hall–Kier alpha value is -11.2. The molecular formula is C94H94ClF7N4O10. The van der Waals surface area contributed by atoms with E-state index in [9.17, 15) is 69.1 Å². The fourth-order valence-electron chi connectivity index (χ4n) is 16.0. The molecule has 22 heteroatoms. The van der Waals surface area contributed by atoms with Crippen LogP contribution in [-0.4, -0.2) is 126 Å². The molecule has 0 aromatic heterocycles. The second-order valence-electron chi connectivity index (χ2n) is 32.0. The highest BCUT2D eigenvalue weighted by Crippen LogP contribution is 2.59. The van der Waals surface area contributed by atoms with Gasteiger partial charge in [0.1, 0.15) is 57.7 Å². The number of Topliss-reactive ketones (excluding diaryl/α,β-unsaturated/α-hetero) is 4. The smallest absolute Gasteiger partial charge is 0.410 e. The Balaban J connectivity index is 0.000000160. The van der Waals surface area contributed by atoms with Crippen molar-refractivity contribution in [1.29, 1.82) is 0 Å². The molecule has 0 atom stereocenters. The molecule has 15 rings (SSSR count). The summed E-state index contributed by atoms with van der Waals surface area (Å²) < 4.78 is 108. The van der Waals surface area contributed by atoms with Gasteiger partial charge in [0, 0.05) is 135 Å². The molecule has 4 saturated heterocycles. The van der Waals surface area contributed by atoms with Gasteiger partial charge in [-0.15, -0.1) is 12.4 Å². The molecule has 606 valence electrons. The summed E-state index contributed by atoms with van der Waals surface area (Å²) in [5.41, 5.74) is 3.04. The lowest BCUT2D eigenvalue weighted by molar-refractivity contribution is -0.135. The number of hydrogen-bond donors (Lipinski definition) is 1. The van der Waals surface area contributed by atoms with Gasteiger partial charge in [-0.2, -0.15) is 0 Å². The summed E-state index contributed by atoms with van der Waals surface area (Å²) in [6.45, 7) is 19.2. The van der Waals surface area contributed by atoms with Crippen LogP contribution in [0.1, 0.15) is 149 Å². The average molecular weight is 1610 g/mol. The van der Waals surface area contributed by atoms with E-state index in [1.807, 2.05) is 41.5 Å². The van der Waals surface area contributed by atoms with Gasteiger partial charge in [-0.1, -0.05) is 128 Å². The molecule has 3 amide bonds. The number of aldehydes is 1. The highest BCUT2D eigenvalue weighted by atomic mass is 35.5. The number of halogens is 8. The van der Waals surface area contributed by atoms with Crippen LogP contribution in [0.15, 0.2) is 216 Å². The molecule has 7 aromatic rings. The summed E-state index contributed by atoms with van der Waals surface area (Å²) in [7, 11) is 0. The number of likely N-dealkylation sites (tertiary alicyclic amines) is 3. The predicted molar refractivity (Wildman–Crippen MR) is 436 cm³/mol. The molecule has 116 heavy (non-hydrogen) atoms. The van der Waals surface area contributed by atoms with Crippen LogP contribution in [0.2, 0.25) is 0 Å². The minimum Gasteiger partial charge on any atom is -0.444 e. The van der Waals surface area contributed by atoms with Crippen molar-refractivity contribution in [2.45, 2.75) is 117 Å². The Morgan fingerprint density at radius 3 is 0.828 bits per heavy atom. The molecule has 8 aliphatic rings. The molecule has 4 spiro atoms. The van der Waals surface area contributed by atoms with Gasteiger partial charge in [0.2, 0.25) is 5.91 Å². The predicted octanol–water partition coefficient (Wildman–Crippen LogP) is 19.7. The van der Waals surface area contributed by atoms with E-state index in [4.69, 9.17) is 9.47 Å². The van der Waals surface area contributed by atoms with Gasteiger partial charge in [-0.25, -0.2) is 40.3 Å². The summed E-state index contributed by atoms with van der Waals surface area (Å²) in [6.07, 6.45) is 17.7. The van der Waals surface area contributed by atoms with Crippen molar-refractivity contribution in [1.82, 2.24) is 20.0 Å². The number of allylic oxidation sites excluding steroid dienone is 6. The largest absolute Gasteiger partial charge is 0.444 e. The summed E-state index contributed by atoms with van der Waals surface area (Å²) in [5.74, 6) is -3.10. The van der Waals surface area contributed by atoms with Crippen LogP contribution in [-0.2, 0) is 33.4 Å². The van der Waals surface area contributed by atoms with Crippen LogP contribution in [0.4, 0.5) is 40.3 Å². The number of amides is 3. The molecular weight excluding hydrogens is 1510 g/mol. The van der Waals surface area contributed by atoms with E-state index < -0.39 is 62.6 Å². The first-order chi connectivity index (χ1) is 54.8. The molecule has 0 unspecified atom stereocenters. The Labute approximate surface area is 678 Å². The Kier molecular flexibility index (Phi) is 28.0. The average Bonchev–Trinajstić information content (AvgIpc) is 0.719. The van der Waals surface area contributed by atoms with Crippen molar-refractivity contribution in [3.05, 3.63) is 296 Å². The zero-order valence-corrected chi connectivity index (χ0v) is 66.5. The number of nitrogens with zero attached hydrogens (tertiary/aromatic N) is 3. The maximum Gasteiger partial charge on any atom is 0.410 e. The summed E-state index contributed by atoms with van der Waals surface area (Å²) in [6, 6.07) is 43.9. The minimum atomic E-state index is -0.667. The minimum absolute atomic E-state index is 0. The van der Waals surface area contributed by atoms with Gasteiger partial charge in [0.15, 0.2) is 23.6 Å². The number of rotatable bonds is 8. The fraction of sp³-hybridized carbons (Fsp3) is 0.319. The van der Waals surface area contributed by atoms with E-state index in [0.717, 1.165) is 64.7 Å². The number of ether oxygens (including phenoxy) is 2. The normalized spacial score (nSPS) is 20.1. The number of piperidine rings is 4. The molecule has 4 heterocycles. The molecule has 0 bridgehead atoms. The fourth-order valence-corrected chi connectivity index (χ4v) is 16.0. The number of hydrogen-bond acceptors (Lipinski definition) is 11. The van der Waals surface area contributed by atoms with Gasteiger partial charge < -0.3 is 29.5 Å². The Bertz CT molecular complexity index is 4880. The van der Waals surface area contributed by atoms with Crippen LogP contribution in [0.25, 0.3) is 36.5 Å². The van der Waals surface area contributed by atoms with Crippen molar-refractivity contribution in [2.24, 2.45) is 21.7 Å². The van der Waals surface area contributed by atoms with Gasteiger partial charge in [-0.05, 0) is 202 Å². The van der Waals surface area contributed by atoms with Gasteiger partial charge in [0.25, 0.3) is 0 Å². The second kappa shape index (κ2) is 37.2. The number of ketones is 4. The third-order valence-electron chi connectivity index (χ3n) is 22.3. The van der Waals surface area contributed by atoms with Crippen LogP contribution in [0, 0.1) is 62.4 Å². The van der Waals surface area contributed by atoms with Gasteiger partial charge >= 0.3 is 12.2 Å². The maximum atomic E-state index is 14.3. The highest BCUT2D eigenvalue weighted by molar-refractivity contribution is 6.25. The monoisotopic (exact) mass is 1610 g/mol. The van der Waals surface area contributed by atoms with E-state index in [1.54, 1.807) is 172 Å². The standard InChI is InChI=1S/C27H27F2NO3.C25H21F2NO2.C22H19F2NO.C13H21NO3.C7H5FO.ClH/c1-26(2,3)33-25(32)30-14-12-27(13-15-30)20(16-18-8-4-6-10-22(18)28)24(31)21(27)17-19-9-5-7-11-23(19)29;1-2-23(29)28-13-11-25(12-14-28)19(15-17-7-3-5-9-21(17)26)24(30)20(25)16-18-8-4-6-10-22(18)27;23-19-7-3-1-5-15(19)13-17-21(26)18(22(17)9-11-25-12-10-22)14-16-6-2-4-8-20(16)24;1-12(2,3)17-11(16)14-6-4-13(5-7-14)8-10(15)9-13;8-7-4-2-1-3-6(7)5-9;/h4-11,16-17H,12-15H2,1-3H3;2-10,15-16H,1,11-14H2;1-8,13-14,25H,9-12H2;4-9H2,1-3H3;1-5H;1H/b20-16-,21-17-;19-15-,20-16-;17-13-,18-14-;;;. The molecule has 4 saturated carbocycles. The Morgan fingerprint density at radius 2 is 0.603 bits per heavy atom. The molecule has 7 aromatic carbocycles. The molecule has 8 fully saturated rings. The van der Waals surface area contributed by atoms with Crippen molar-refractivity contribution >= 4 is 96.4 Å². The van der Waals surface area contributed by atoms with Crippen LogP contribution < -0.4 is 5.32 Å². The number of carbonyl (C=O) groups excluding carboxylic acids is 8. The van der Waals surface area contributed by atoms with Gasteiger partial charge in [0.05, 0.1) is 5.56 Å². The van der Waals surface area contributed by atoms with Crippen LogP contribution in [0.3, 0.4) is 0 Å². The number of nitrogens with one attached hydrogen (secondary N) is 1. The molecule has 0 radical (unpaired) electrons. The molecule has 4 aliphatic heterocycles. The zero-order chi connectivity index (χ0) is 82.6. The first-order valence-corrected chi connectivity index (χ1v) is 38.6. The van der Waals surface area contributed by atoms with E-state index in [-0.39, 0.29) is 64.4 Å². The third kappa shape index (κ3) is 19.8. The lowest BCUT2D eigenvalue weighted by atomic mass is 9.54. The van der Waals surface area contributed by atoms with Gasteiger partial charge in [-0.3, -0.25) is 28.8 Å². The van der Waals surface area contributed by atoms with E-state index in [2.05, 4.69) is 11.9 Å². The van der Waals surface area contributed by atoms with Crippen LogP contribution in [0.5, 0.6) is 0 Å². The van der Waals surface area contributed by atoms with Crippen molar-refractivity contribution < 1.29 is 78.6 Å². The third-order valence-corrected chi connectivity index (χ3v) is 22.3. The van der Waals surface area contributed by atoms with E-state index in [0.29, 0.717) is 131 Å². The zero-order valence-electron chi connectivity index (χ0n) is 65.7. The first-order valence-electron chi connectivity index (χ1n) is 38.6. The highest BCUT2D eigenvalue weighted by Gasteiger charge is 2.57. The summed E-state index contributed by atoms with van der Waals surface area (Å²) >= 11 is 0. The number of benzene rings is 7. The van der Waals surface area contributed by atoms with Crippen molar-refractivity contribution in [3.8, 4) is 0 Å².